The highest BCUT2D eigenvalue weighted by atomic mass is 16.5. The lowest BCUT2D eigenvalue weighted by atomic mass is 10.1. The molecule has 1 amide bonds. The van der Waals surface area contributed by atoms with E-state index in [9.17, 15) is 4.79 Å². The van der Waals surface area contributed by atoms with Crippen molar-refractivity contribution in [2.75, 3.05) is 20.8 Å². The number of carbonyl (C=O) groups excluding carboxylic acids is 1. The average molecular weight is 484 g/mol. The highest BCUT2D eigenvalue weighted by Gasteiger charge is 2.21. The molecule has 0 fully saturated rings. The van der Waals surface area contributed by atoms with Gasteiger partial charge >= 0.3 is 0 Å². The van der Waals surface area contributed by atoms with Crippen LogP contribution < -0.4 is 9.47 Å². The van der Waals surface area contributed by atoms with Gasteiger partial charge in [0.2, 0.25) is 17.6 Å². The summed E-state index contributed by atoms with van der Waals surface area (Å²) in [5.41, 5.74) is 2.77. The van der Waals surface area contributed by atoms with Gasteiger partial charge in [0, 0.05) is 24.6 Å². The van der Waals surface area contributed by atoms with Crippen molar-refractivity contribution in [1.29, 1.82) is 0 Å². The number of rotatable bonds is 10. The monoisotopic (exact) mass is 483 g/mol. The number of nitrogens with zero attached hydrogens (tertiary/aromatic N) is 3. The average Bonchev–Trinajstić information content (AvgIpc) is 3.41. The number of hydrogen-bond acceptors (Lipinski definition) is 6. The van der Waals surface area contributed by atoms with Crippen molar-refractivity contribution in [3.8, 4) is 22.9 Å². The van der Waals surface area contributed by atoms with Gasteiger partial charge in [-0.3, -0.25) is 4.79 Å². The van der Waals surface area contributed by atoms with Gasteiger partial charge < -0.3 is 18.9 Å². The number of ether oxygens (including phenoxy) is 2. The maximum atomic E-state index is 13.3. The molecule has 0 aliphatic rings. The van der Waals surface area contributed by atoms with Gasteiger partial charge in [-0.05, 0) is 42.3 Å². The van der Waals surface area contributed by atoms with Gasteiger partial charge in [0.05, 0.1) is 20.3 Å². The van der Waals surface area contributed by atoms with E-state index in [2.05, 4.69) is 10.1 Å². The van der Waals surface area contributed by atoms with E-state index in [1.807, 2.05) is 84.6 Å². The second-order valence-corrected chi connectivity index (χ2v) is 8.19. The Hall–Kier alpha value is -4.39. The van der Waals surface area contributed by atoms with Gasteiger partial charge in [-0.25, -0.2) is 0 Å². The fraction of sp³-hybridized carbons (Fsp3) is 0.207. The van der Waals surface area contributed by atoms with Gasteiger partial charge in [-0.15, -0.1) is 0 Å². The molecular weight excluding hydrogens is 454 g/mol. The summed E-state index contributed by atoms with van der Waals surface area (Å²) in [5.74, 6) is 2.02. The first kappa shape index (κ1) is 24.7. The van der Waals surface area contributed by atoms with E-state index < -0.39 is 0 Å². The first-order valence-corrected chi connectivity index (χ1v) is 11.7. The van der Waals surface area contributed by atoms with E-state index in [1.165, 1.54) is 0 Å². The van der Waals surface area contributed by atoms with Crippen molar-refractivity contribution in [2.45, 2.75) is 19.4 Å². The molecule has 1 atom stereocenters. The summed E-state index contributed by atoms with van der Waals surface area (Å²) in [6, 6.07) is 25.0. The standard InChI is InChI=1S/C29H29N3O4/c1-21(23-12-8-5-9-13-23)32(28(33)17-14-22-10-6-4-7-11-22)19-18-27-30-29(31-36-27)24-15-16-25(34-2)26(20-24)35-3/h4-17,20-21H,18-19H2,1-3H3. The summed E-state index contributed by atoms with van der Waals surface area (Å²) in [4.78, 5) is 19.6. The second-order valence-electron chi connectivity index (χ2n) is 8.19. The largest absolute Gasteiger partial charge is 0.493 e. The van der Waals surface area contributed by atoms with Crippen LogP contribution in [0.15, 0.2) is 89.5 Å². The minimum absolute atomic E-state index is 0.0881. The molecule has 7 nitrogen and oxygen atoms in total. The van der Waals surface area contributed by atoms with Gasteiger partial charge in [0.15, 0.2) is 11.5 Å². The number of methoxy groups -OCH3 is 2. The molecule has 0 aliphatic heterocycles. The van der Waals surface area contributed by atoms with Crippen molar-refractivity contribution >= 4 is 12.0 Å². The topological polar surface area (TPSA) is 77.7 Å². The molecule has 3 aromatic carbocycles. The molecule has 36 heavy (non-hydrogen) atoms. The molecular formula is C29H29N3O4. The predicted molar refractivity (Wildman–Crippen MR) is 139 cm³/mol. The molecule has 4 aromatic rings. The van der Waals surface area contributed by atoms with Crippen LogP contribution in [0.5, 0.6) is 11.5 Å². The number of amides is 1. The van der Waals surface area contributed by atoms with E-state index in [0.717, 1.165) is 16.7 Å². The smallest absolute Gasteiger partial charge is 0.247 e. The van der Waals surface area contributed by atoms with Gasteiger partial charge in [-0.2, -0.15) is 4.98 Å². The summed E-state index contributed by atoms with van der Waals surface area (Å²) in [5, 5.41) is 4.12. The third-order valence-electron chi connectivity index (χ3n) is 5.93. The molecule has 0 saturated carbocycles. The van der Waals surface area contributed by atoms with Crippen LogP contribution >= 0.6 is 0 Å². The number of hydrogen-bond donors (Lipinski definition) is 0. The lowest BCUT2D eigenvalue weighted by molar-refractivity contribution is -0.128. The fourth-order valence-corrected chi connectivity index (χ4v) is 3.90. The van der Waals surface area contributed by atoms with Crippen molar-refractivity contribution < 1.29 is 18.8 Å². The Morgan fingerprint density at radius 1 is 0.972 bits per heavy atom. The fourth-order valence-electron chi connectivity index (χ4n) is 3.90. The molecule has 184 valence electrons. The SMILES string of the molecule is COc1ccc(-c2noc(CCN(C(=O)C=Cc3ccccc3)C(C)c3ccccc3)n2)cc1OC. The molecule has 1 aromatic heterocycles. The summed E-state index contributed by atoms with van der Waals surface area (Å²) in [6.45, 7) is 2.44. The molecule has 0 spiro atoms. The van der Waals surface area contributed by atoms with Crippen molar-refractivity contribution in [3.05, 3.63) is 102 Å². The number of aromatic nitrogens is 2. The molecule has 4 rings (SSSR count). The summed E-state index contributed by atoms with van der Waals surface area (Å²) >= 11 is 0. The lowest BCUT2D eigenvalue weighted by Crippen LogP contribution is -2.34. The first-order chi connectivity index (χ1) is 17.6. The highest BCUT2D eigenvalue weighted by molar-refractivity contribution is 5.92. The summed E-state index contributed by atoms with van der Waals surface area (Å²) in [6.07, 6.45) is 3.86. The van der Waals surface area contributed by atoms with Crippen LogP contribution in [0.3, 0.4) is 0 Å². The van der Waals surface area contributed by atoms with E-state index in [0.29, 0.717) is 36.2 Å². The van der Waals surface area contributed by atoms with Gasteiger partial charge in [0.25, 0.3) is 0 Å². The van der Waals surface area contributed by atoms with Crippen LogP contribution in [0.1, 0.15) is 30.0 Å². The van der Waals surface area contributed by atoms with E-state index in [1.54, 1.807) is 32.4 Å². The maximum Gasteiger partial charge on any atom is 0.247 e. The third-order valence-corrected chi connectivity index (χ3v) is 5.93. The zero-order valence-corrected chi connectivity index (χ0v) is 20.6. The van der Waals surface area contributed by atoms with Crippen LogP contribution in [0.25, 0.3) is 17.5 Å². The first-order valence-electron chi connectivity index (χ1n) is 11.7. The van der Waals surface area contributed by atoms with E-state index in [4.69, 9.17) is 14.0 Å². The molecule has 0 bridgehead atoms. The van der Waals surface area contributed by atoms with Gasteiger partial charge in [-0.1, -0.05) is 65.8 Å². The quantitative estimate of drug-likeness (QED) is 0.273. The zero-order chi connectivity index (χ0) is 25.3. The van der Waals surface area contributed by atoms with Crippen molar-refractivity contribution in [2.24, 2.45) is 0 Å². The molecule has 0 N–H and O–H groups in total. The predicted octanol–water partition coefficient (Wildman–Crippen LogP) is 5.60. The summed E-state index contributed by atoms with van der Waals surface area (Å²) in [7, 11) is 3.16. The van der Waals surface area contributed by atoms with Crippen LogP contribution in [-0.2, 0) is 11.2 Å². The minimum atomic E-state index is -0.132. The number of carbonyl (C=O) groups is 1. The van der Waals surface area contributed by atoms with Crippen LogP contribution in [0.4, 0.5) is 0 Å². The lowest BCUT2D eigenvalue weighted by Gasteiger charge is -2.28. The molecule has 1 unspecified atom stereocenters. The van der Waals surface area contributed by atoms with Crippen LogP contribution in [0, 0.1) is 0 Å². The van der Waals surface area contributed by atoms with Crippen LogP contribution in [0.2, 0.25) is 0 Å². The maximum absolute atomic E-state index is 13.3. The summed E-state index contributed by atoms with van der Waals surface area (Å²) < 4.78 is 16.2. The van der Waals surface area contributed by atoms with Crippen molar-refractivity contribution in [1.82, 2.24) is 15.0 Å². The normalized spacial score (nSPS) is 11.9. The van der Waals surface area contributed by atoms with Gasteiger partial charge in [0.1, 0.15) is 0 Å². The Bertz CT molecular complexity index is 1300. The molecule has 0 saturated heterocycles. The highest BCUT2D eigenvalue weighted by Crippen LogP contribution is 2.31. The molecule has 7 heteroatoms. The van der Waals surface area contributed by atoms with E-state index in [-0.39, 0.29) is 11.9 Å². The molecule has 0 radical (unpaired) electrons. The molecule has 1 heterocycles. The molecule has 0 aliphatic carbocycles. The van der Waals surface area contributed by atoms with E-state index >= 15 is 0 Å². The Labute approximate surface area is 211 Å². The Balaban J connectivity index is 1.51. The van der Waals surface area contributed by atoms with Crippen LogP contribution in [-0.4, -0.2) is 41.7 Å². The Kier molecular flexibility index (Phi) is 8.13. The Morgan fingerprint density at radius 2 is 1.67 bits per heavy atom. The van der Waals surface area contributed by atoms with Crippen molar-refractivity contribution in [3.63, 3.8) is 0 Å². The minimum Gasteiger partial charge on any atom is -0.493 e. The third kappa shape index (κ3) is 5.99. The zero-order valence-electron chi connectivity index (χ0n) is 20.6. The number of benzene rings is 3. The Morgan fingerprint density at radius 3 is 2.36 bits per heavy atom. The second kappa shape index (κ2) is 11.8.